The third-order valence-electron chi connectivity index (χ3n) is 1.63. The van der Waals surface area contributed by atoms with Gasteiger partial charge in [0.2, 0.25) is 5.06 Å². The first-order chi connectivity index (χ1) is 6.75. The zero-order valence-electron chi connectivity index (χ0n) is 7.40. The van der Waals surface area contributed by atoms with Gasteiger partial charge in [0, 0.05) is 16.0 Å². The van der Waals surface area contributed by atoms with Crippen molar-refractivity contribution in [3.63, 3.8) is 0 Å². The Labute approximate surface area is 94.0 Å². The quantitative estimate of drug-likeness (QED) is 0.839. The summed E-state index contributed by atoms with van der Waals surface area (Å²) in [5.41, 5.74) is 0.818. The highest BCUT2D eigenvalue weighted by Gasteiger charge is 2.04. The zero-order chi connectivity index (χ0) is 9.97. The summed E-state index contributed by atoms with van der Waals surface area (Å²) in [6.07, 6.45) is 0. The second-order valence-electron chi connectivity index (χ2n) is 2.70. The maximum Gasteiger partial charge on any atom is 0.223 e. The molecule has 0 fully saturated rings. The van der Waals surface area contributed by atoms with Gasteiger partial charge in [0.05, 0.1) is 0 Å². The Hall–Kier alpha value is -0.940. The number of aryl methyl sites for hydroxylation is 1. The van der Waals surface area contributed by atoms with Crippen molar-refractivity contribution in [3.05, 3.63) is 34.4 Å². The molecule has 0 spiro atoms. The standard InChI is InChI=1S/C9H7BrN2OS/c1-6-9(14-12-11-6)13-8-4-2-7(10)3-5-8/h2-5H,1H3. The predicted molar refractivity (Wildman–Crippen MR) is 58.9 cm³/mol. The fourth-order valence-electron chi connectivity index (χ4n) is 0.928. The highest BCUT2D eigenvalue weighted by molar-refractivity contribution is 9.10. The van der Waals surface area contributed by atoms with Crippen LogP contribution in [0, 0.1) is 6.92 Å². The largest absolute Gasteiger partial charge is 0.443 e. The van der Waals surface area contributed by atoms with E-state index in [1.807, 2.05) is 31.2 Å². The first-order valence-corrected chi connectivity index (χ1v) is 5.55. The highest BCUT2D eigenvalue weighted by Crippen LogP contribution is 2.27. The molecule has 14 heavy (non-hydrogen) atoms. The number of rotatable bonds is 2. The minimum Gasteiger partial charge on any atom is -0.443 e. The van der Waals surface area contributed by atoms with Crippen LogP contribution in [0.3, 0.4) is 0 Å². The molecule has 0 unspecified atom stereocenters. The van der Waals surface area contributed by atoms with Crippen molar-refractivity contribution in [2.75, 3.05) is 0 Å². The molecule has 0 aliphatic carbocycles. The van der Waals surface area contributed by atoms with Crippen LogP contribution in [-0.2, 0) is 0 Å². The molecule has 0 radical (unpaired) electrons. The Bertz CT molecular complexity index is 427. The van der Waals surface area contributed by atoms with Crippen molar-refractivity contribution in [2.24, 2.45) is 0 Å². The molecular weight excluding hydrogens is 264 g/mol. The Morgan fingerprint density at radius 2 is 2.00 bits per heavy atom. The predicted octanol–water partition coefficient (Wildman–Crippen LogP) is 3.40. The molecule has 0 aliphatic rings. The third kappa shape index (κ3) is 2.10. The van der Waals surface area contributed by atoms with Crippen LogP contribution in [0.4, 0.5) is 0 Å². The highest BCUT2D eigenvalue weighted by atomic mass is 79.9. The van der Waals surface area contributed by atoms with Gasteiger partial charge in [-0.05, 0) is 31.2 Å². The number of hydrogen-bond acceptors (Lipinski definition) is 4. The SMILES string of the molecule is Cc1nnsc1Oc1ccc(Br)cc1. The van der Waals surface area contributed by atoms with Gasteiger partial charge in [-0.15, -0.1) is 5.10 Å². The van der Waals surface area contributed by atoms with Gasteiger partial charge in [-0.25, -0.2) is 0 Å². The molecule has 0 amide bonds. The van der Waals surface area contributed by atoms with Crippen LogP contribution in [0.5, 0.6) is 10.8 Å². The van der Waals surface area contributed by atoms with E-state index >= 15 is 0 Å². The normalized spacial score (nSPS) is 10.1. The van der Waals surface area contributed by atoms with E-state index in [9.17, 15) is 0 Å². The van der Waals surface area contributed by atoms with Crippen molar-refractivity contribution < 1.29 is 4.74 Å². The summed E-state index contributed by atoms with van der Waals surface area (Å²) in [5, 5.41) is 4.61. The topological polar surface area (TPSA) is 35.0 Å². The minimum atomic E-state index is 0.743. The summed E-state index contributed by atoms with van der Waals surface area (Å²) in [6, 6.07) is 7.64. The van der Waals surface area contributed by atoms with Gasteiger partial charge in [-0.2, -0.15) is 0 Å². The lowest BCUT2D eigenvalue weighted by Gasteiger charge is -2.01. The minimum absolute atomic E-state index is 0.743. The Morgan fingerprint density at radius 1 is 1.29 bits per heavy atom. The first-order valence-electron chi connectivity index (χ1n) is 3.98. The molecule has 0 bridgehead atoms. The summed E-state index contributed by atoms with van der Waals surface area (Å²) in [5.74, 6) is 0.794. The molecule has 2 rings (SSSR count). The smallest absolute Gasteiger partial charge is 0.223 e. The molecule has 2 aromatic rings. The summed E-state index contributed by atoms with van der Waals surface area (Å²) in [7, 11) is 0. The summed E-state index contributed by atoms with van der Waals surface area (Å²) in [4.78, 5) is 0. The molecule has 1 aromatic carbocycles. The van der Waals surface area contributed by atoms with E-state index in [2.05, 4.69) is 25.5 Å². The molecule has 5 heteroatoms. The fourth-order valence-corrected chi connectivity index (χ4v) is 1.74. The second kappa shape index (κ2) is 4.06. The molecule has 72 valence electrons. The van der Waals surface area contributed by atoms with Gasteiger partial charge >= 0.3 is 0 Å². The van der Waals surface area contributed by atoms with Gasteiger partial charge in [-0.3, -0.25) is 0 Å². The van der Waals surface area contributed by atoms with Gasteiger partial charge in [-0.1, -0.05) is 20.4 Å². The van der Waals surface area contributed by atoms with Crippen LogP contribution >= 0.6 is 27.5 Å². The maximum atomic E-state index is 5.58. The lowest BCUT2D eigenvalue weighted by molar-refractivity contribution is 0.491. The molecule has 0 saturated carbocycles. The molecule has 1 aromatic heterocycles. The average Bonchev–Trinajstić information content (AvgIpc) is 2.56. The molecule has 0 N–H and O–H groups in total. The van der Waals surface area contributed by atoms with E-state index in [1.165, 1.54) is 11.5 Å². The second-order valence-corrected chi connectivity index (χ2v) is 4.33. The van der Waals surface area contributed by atoms with Crippen LogP contribution in [-0.4, -0.2) is 9.59 Å². The van der Waals surface area contributed by atoms with Gasteiger partial charge in [0.15, 0.2) is 0 Å². The van der Waals surface area contributed by atoms with Gasteiger partial charge in [0.1, 0.15) is 11.4 Å². The van der Waals surface area contributed by atoms with Crippen molar-refractivity contribution in [1.82, 2.24) is 9.59 Å². The maximum absolute atomic E-state index is 5.58. The molecule has 1 heterocycles. The molecule has 3 nitrogen and oxygen atoms in total. The van der Waals surface area contributed by atoms with Crippen molar-refractivity contribution >= 4 is 27.5 Å². The van der Waals surface area contributed by atoms with E-state index < -0.39 is 0 Å². The van der Waals surface area contributed by atoms with Crippen LogP contribution < -0.4 is 4.74 Å². The fraction of sp³-hybridized carbons (Fsp3) is 0.111. The number of halogens is 1. The third-order valence-corrected chi connectivity index (χ3v) is 2.87. The average molecular weight is 271 g/mol. The van der Waals surface area contributed by atoms with Crippen molar-refractivity contribution in [3.8, 4) is 10.8 Å². The lowest BCUT2D eigenvalue weighted by atomic mass is 10.3. The molecule has 0 aliphatic heterocycles. The Kier molecular flexibility index (Phi) is 2.79. The number of hydrogen-bond donors (Lipinski definition) is 0. The van der Waals surface area contributed by atoms with Gasteiger partial charge in [0.25, 0.3) is 0 Å². The monoisotopic (exact) mass is 270 g/mol. The van der Waals surface area contributed by atoms with E-state index in [0.717, 1.165) is 21.0 Å². The van der Waals surface area contributed by atoms with E-state index in [4.69, 9.17) is 4.74 Å². The van der Waals surface area contributed by atoms with Gasteiger partial charge < -0.3 is 4.74 Å². The van der Waals surface area contributed by atoms with E-state index in [0.29, 0.717) is 0 Å². The number of aromatic nitrogens is 2. The van der Waals surface area contributed by atoms with Crippen LogP contribution in [0.2, 0.25) is 0 Å². The van der Waals surface area contributed by atoms with E-state index in [1.54, 1.807) is 0 Å². The zero-order valence-corrected chi connectivity index (χ0v) is 9.80. The summed E-state index contributed by atoms with van der Waals surface area (Å²) < 4.78 is 10.4. The van der Waals surface area contributed by atoms with Crippen LogP contribution in [0.25, 0.3) is 0 Å². The Morgan fingerprint density at radius 3 is 2.57 bits per heavy atom. The first kappa shape index (κ1) is 9.61. The van der Waals surface area contributed by atoms with Crippen LogP contribution in [0.1, 0.15) is 5.69 Å². The van der Waals surface area contributed by atoms with Crippen molar-refractivity contribution in [2.45, 2.75) is 6.92 Å². The summed E-state index contributed by atoms with van der Waals surface area (Å²) >= 11 is 4.61. The van der Waals surface area contributed by atoms with Crippen LogP contribution in [0.15, 0.2) is 28.7 Å². The molecular formula is C9H7BrN2OS. The summed E-state index contributed by atoms with van der Waals surface area (Å²) in [6.45, 7) is 1.87. The number of ether oxygens (including phenoxy) is 1. The number of nitrogens with zero attached hydrogens (tertiary/aromatic N) is 2. The molecule has 0 saturated heterocycles. The number of benzene rings is 1. The lowest BCUT2D eigenvalue weighted by Crippen LogP contribution is -1.83. The molecule has 0 atom stereocenters. The van der Waals surface area contributed by atoms with E-state index in [-0.39, 0.29) is 0 Å². The van der Waals surface area contributed by atoms with Crippen molar-refractivity contribution in [1.29, 1.82) is 0 Å². The Balaban J connectivity index is 2.19.